The van der Waals surface area contributed by atoms with E-state index in [0.717, 1.165) is 17.9 Å². The van der Waals surface area contributed by atoms with Gasteiger partial charge in [0.1, 0.15) is 23.7 Å². The fourth-order valence-electron chi connectivity index (χ4n) is 2.93. The molecule has 0 unspecified atom stereocenters. The van der Waals surface area contributed by atoms with Gasteiger partial charge in [-0.2, -0.15) is 5.10 Å². The fraction of sp³-hybridized carbons (Fsp3) is 0.368. The molecule has 1 aromatic carbocycles. The molecule has 1 atom stereocenters. The van der Waals surface area contributed by atoms with E-state index in [2.05, 4.69) is 39.2 Å². The summed E-state index contributed by atoms with van der Waals surface area (Å²) in [7, 11) is 1.88. The van der Waals surface area contributed by atoms with Gasteiger partial charge in [0, 0.05) is 18.8 Å². The van der Waals surface area contributed by atoms with Crippen molar-refractivity contribution in [1.29, 1.82) is 0 Å². The zero-order chi connectivity index (χ0) is 18.7. The van der Waals surface area contributed by atoms with Gasteiger partial charge < -0.3 is 10.4 Å². The largest absolute Gasteiger partial charge is 0.507 e. The second-order valence-electron chi connectivity index (χ2n) is 6.80. The van der Waals surface area contributed by atoms with Crippen LogP contribution >= 0.6 is 0 Å². The van der Waals surface area contributed by atoms with Crippen LogP contribution in [-0.4, -0.2) is 29.8 Å². The molecule has 0 spiro atoms. The van der Waals surface area contributed by atoms with Gasteiger partial charge in [-0.25, -0.2) is 15.0 Å². The summed E-state index contributed by atoms with van der Waals surface area (Å²) in [6.45, 7) is 6.25. The number of hydrogen-bond acceptors (Lipinski definition) is 6. The van der Waals surface area contributed by atoms with Crippen LogP contribution in [0.2, 0.25) is 0 Å². The summed E-state index contributed by atoms with van der Waals surface area (Å²) in [6.07, 6.45) is 2.45. The summed E-state index contributed by atoms with van der Waals surface area (Å²) < 4.78 is 1.78. The molecule has 3 aromatic rings. The topological polar surface area (TPSA) is 88.8 Å². The second-order valence-corrected chi connectivity index (χ2v) is 6.80. The van der Waals surface area contributed by atoms with Gasteiger partial charge in [0.15, 0.2) is 5.82 Å². The van der Waals surface area contributed by atoms with Gasteiger partial charge in [-0.05, 0) is 31.4 Å². The average Bonchev–Trinajstić information content (AvgIpc) is 3.00. The van der Waals surface area contributed by atoms with E-state index < -0.39 is 0 Å². The summed E-state index contributed by atoms with van der Waals surface area (Å²) in [5, 5.41) is 17.8. The maximum atomic E-state index is 10.1. The lowest BCUT2D eigenvalue weighted by Gasteiger charge is -2.21. The second kappa shape index (κ2) is 7.51. The average molecular weight is 352 g/mol. The van der Waals surface area contributed by atoms with Crippen LogP contribution in [0.4, 0.5) is 5.82 Å². The fourth-order valence-corrected chi connectivity index (χ4v) is 2.93. The molecule has 0 aliphatic heterocycles. The van der Waals surface area contributed by atoms with Crippen LogP contribution in [-0.2, 0) is 7.05 Å². The van der Waals surface area contributed by atoms with E-state index in [4.69, 9.17) is 0 Å². The highest BCUT2D eigenvalue weighted by Gasteiger charge is 2.19. The van der Waals surface area contributed by atoms with Crippen molar-refractivity contribution >= 4 is 5.82 Å². The van der Waals surface area contributed by atoms with Crippen molar-refractivity contribution in [1.82, 2.24) is 24.7 Å². The summed E-state index contributed by atoms with van der Waals surface area (Å²) in [4.78, 5) is 13.5. The minimum atomic E-state index is -0.0194. The van der Waals surface area contributed by atoms with Gasteiger partial charge in [0.2, 0.25) is 0 Å². The molecule has 0 bridgehead atoms. The highest BCUT2D eigenvalue weighted by atomic mass is 16.3. The predicted octanol–water partition coefficient (Wildman–Crippen LogP) is 3.49. The Morgan fingerprint density at radius 1 is 1.19 bits per heavy atom. The third kappa shape index (κ3) is 3.99. The standard InChI is InChI=1S/C19H24N6O/c1-12(2)9-15(19-20-11-21-25(19)4)23-17-10-13(3)22-18(24-17)14-7-5-6-8-16(14)26/h5-8,10-12,15,26H,9H2,1-4H3,(H,22,23,24)/t15-/m0/s1. The van der Waals surface area contributed by atoms with Crippen molar-refractivity contribution in [2.75, 3.05) is 5.32 Å². The lowest BCUT2D eigenvalue weighted by atomic mass is 10.0. The number of phenolic OH excluding ortho intramolecular Hbond substituents is 1. The van der Waals surface area contributed by atoms with E-state index in [9.17, 15) is 5.11 Å². The number of anilines is 1. The Labute approximate surface area is 153 Å². The van der Waals surface area contributed by atoms with E-state index >= 15 is 0 Å². The molecular formula is C19H24N6O. The molecule has 0 aliphatic rings. The van der Waals surface area contributed by atoms with Crippen molar-refractivity contribution < 1.29 is 5.11 Å². The lowest BCUT2D eigenvalue weighted by molar-refractivity contribution is 0.477. The van der Waals surface area contributed by atoms with Crippen LogP contribution in [0, 0.1) is 12.8 Å². The maximum Gasteiger partial charge on any atom is 0.165 e. The van der Waals surface area contributed by atoms with Gasteiger partial charge in [-0.3, -0.25) is 4.68 Å². The number of phenols is 1. The molecule has 2 aromatic heterocycles. The Bertz CT molecular complexity index is 889. The summed E-state index contributed by atoms with van der Waals surface area (Å²) >= 11 is 0. The number of aryl methyl sites for hydroxylation is 2. The molecule has 26 heavy (non-hydrogen) atoms. The highest BCUT2D eigenvalue weighted by molar-refractivity contribution is 5.64. The quantitative estimate of drug-likeness (QED) is 0.706. The van der Waals surface area contributed by atoms with E-state index in [-0.39, 0.29) is 11.8 Å². The SMILES string of the molecule is Cc1cc(N[C@@H](CC(C)C)c2ncnn2C)nc(-c2ccccc2O)n1. The monoisotopic (exact) mass is 352 g/mol. The summed E-state index contributed by atoms with van der Waals surface area (Å²) in [5.41, 5.74) is 1.43. The normalized spacial score (nSPS) is 12.3. The highest BCUT2D eigenvalue weighted by Crippen LogP contribution is 2.29. The number of hydrogen-bond donors (Lipinski definition) is 2. The van der Waals surface area contributed by atoms with Crippen LogP contribution in [0.25, 0.3) is 11.4 Å². The molecule has 0 fully saturated rings. The van der Waals surface area contributed by atoms with Crippen molar-refractivity contribution in [2.45, 2.75) is 33.2 Å². The van der Waals surface area contributed by atoms with Crippen LogP contribution in [0.15, 0.2) is 36.7 Å². The van der Waals surface area contributed by atoms with Gasteiger partial charge in [-0.15, -0.1) is 0 Å². The molecule has 2 N–H and O–H groups in total. The number of nitrogens with one attached hydrogen (secondary N) is 1. The molecule has 0 aliphatic carbocycles. The van der Waals surface area contributed by atoms with Gasteiger partial charge in [-0.1, -0.05) is 26.0 Å². The Morgan fingerprint density at radius 3 is 2.62 bits per heavy atom. The van der Waals surface area contributed by atoms with E-state index in [1.54, 1.807) is 23.1 Å². The Kier molecular flexibility index (Phi) is 5.16. The van der Waals surface area contributed by atoms with Crippen LogP contribution in [0.1, 0.15) is 37.8 Å². The molecule has 3 rings (SSSR count). The van der Waals surface area contributed by atoms with Crippen molar-refractivity contribution in [3.05, 3.63) is 48.2 Å². The minimum Gasteiger partial charge on any atom is -0.507 e. The first-order valence-electron chi connectivity index (χ1n) is 8.68. The molecular weight excluding hydrogens is 328 g/mol. The first-order valence-corrected chi connectivity index (χ1v) is 8.68. The molecule has 7 heteroatoms. The van der Waals surface area contributed by atoms with Crippen molar-refractivity contribution in [3.8, 4) is 17.1 Å². The first kappa shape index (κ1) is 17.8. The molecule has 136 valence electrons. The zero-order valence-corrected chi connectivity index (χ0v) is 15.5. The van der Waals surface area contributed by atoms with Gasteiger partial charge in [0.05, 0.1) is 11.6 Å². The summed E-state index contributed by atoms with van der Waals surface area (Å²) in [6, 6.07) is 8.95. The Balaban J connectivity index is 1.95. The number of nitrogens with zero attached hydrogens (tertiary/aromatic N) is 5. The third-order valence-electron chi connectivity index (χ3n) is 4.09. The number of aromatic nitrogens is 5. The minimum absolute atomic E-state index is 0.0194. The Hall–Kier alpha value is -2.96. The number of benzene rings is 1. The van der Waals surface area contributed by atoms with Crippen LogP contribution in [0.5, 0.6) is 5.75 Å². The zero-order valence-electron chi connectivity index (χ0n) is 15.5. The third-order valence-corrected chi connectivity index (χ3v) is 4.09. The molecule has 0 amide bonds. The number of aromatic hydroxyl groups is 1. The van der Waals surface area contributed by atoms with E-state index in [1.165, 1.54) is 0 Å². The molecule has 0 saturated heterocycles. The van der Waals surface area contributed by atoms with E-state index in [1.807, 2.05) is 32.2 Å². The van der Waals surface area contributed by atoms with Gasteiger partial charge >= 0.3 is 0 Å². The lowest BCUT2D eigenvalue weighted by Crippen LogP contribution is -2.19. The number of rotatable bonds is 6. The maximum absolute atomic E-state index is 10.1. The van der Waals surface area contributed by atoms with Crippen molar-refractivity contribution in [3.63, 3.8) is 0 Å². The van der Waals surface area contributed by atoms with Crippen LogP contribution in [0.3, 0.4) is 0 Å². The Morgan fingerprint density at radius 2 is 1.96 bits per heavy atom. The smallest absolute Gasteiger partial charge is 0.165 e. The molecule has 0 saturated carbocycles. The molecule has 0 radical (unpaired) electrons. The first-order chi connectivity index (χ1) is 12.4. The van der Waals surface area contributed by atoms with Crippen molar-refractivity contribution in [2.24, 2.45) is 13.0 Å². The van der Waals surface area contributed by atoms with Gasteiger partial charge in [0.25, 0.3) is 0 Å². The summed E-state index contributed by atoms with van der Waals surface area (Å²) in [5.74, 6) is 2.69. The molecule has 2 heterocycles. The molecule has 7 nitrogen and oxygen atoms in total. The number of para-hydroxylation sites is 1. The van der Waals surface area contributed by atoms with Crippen LogP contribution < -0.4 is 5.32 Å². The predicted molar refractivity (Wildman–Crippen MR) is 101 cm³/mol. The van der Waals surface area contributed by atoms with E-state index in [0.29, 0.717) is 23.1 Å².